The maximum atomic E-state index is 12.9. The normalized spacial score (nSPS) is 25.8. The Balaban J connectivity index is 2.19. The summed E-state index contributed by atoms with van der Waals surface area (Å²) in [7, 11) is 0. The third kappa shape index (κ3) is 3.27. The first-order chi connectivity index (χ1) is 8.79. The summed E-state index contributed by atoms with van der Waals surface area (Å²) in [6, 6.07) is 0.509. The van der Waals surface area contributed by atoms with Crippen LogP contribution in [0.4, 0.5) is 13.2 Å². The molecule has 0 saturated carbocycles. The average Bonchev–Trinajstić information content (AvgIpc) is 2.66. The number of halogens is 3. The summed E-state index contributed by atoms with van der Waals surface area (Å²) in [5.41, 5.74) is -0.714. The minimum absolute atomic E-state index is 0.220. The maximum Gasteiger partial charge on any atom is 0.434 e. The Morgan fingerprint density at radius 3 is 2.74 bits per heavy atom. The molecule has 1 saturated heterocycles. The zero-order valence-electron chi connectivity index (χ0n) is 11.2. The maximum absolute atomic E-state index is 12.9. The summed E-state index contributed by atoms with van der Waals surface area (Å²) >= 11 is 1.14. The smallest absolute Gasteiger partial charge is 0.311 e. The van der Waals surface area contributed by atoms with Gasteiger partial charge in [-0.25, -0.2) is 4.98 Å². The van der Waals surface area contributed by atoms with E-state index < -0.39 is 11.9 Å². The van der Waals surface area contributed by atoms with Crippen LogP contribution in [0.3, 0.4) is 0 Å². The van der Waals surface area contributed by atoms with Crippen LogP contribution in [0, 0.1) is 6.92 Å². The van der Waals surface area contributed by atoms with E-state index in [4.69, 9.17) is 0 Å². The topological polar surface area (TPSA) is 28.2 Å². The van der Waals surface area contributed by atoms with E-state index >= 15 is 0 Å². The van der Waals surface area contributed by atoms with Crippen molar-refractivity contribution in [2.75, 3.05) is 13.1 Å². The van der Waals surface area contributed by atoms with Gasteiger partial charge in [0.1, 0.15) is 0 Å². The summed E-state index contributed by atoms with van der Waals surface area (Å²) in [4.78, 5) is 6.05. The van der Waals surface area contributed by atoms with Gasteiger partial charge in [-0.1, -0.05) is 0 Å². The average molecular weight is 293 g/mol. The van der Waals surface area contributed by atoms with E-state index in [9.17, 15) is 13.2 Å². The van der Waals surface area contributed by atoms with Gasteiger partial charge >= 0.3 is 6.18 Å². The van der Waals surface area contributed by atoms with Gasteiger partial charge in [0.25, 0.3) is 0 Å². The van der Waals surface area contributed by atoms with Crippen LogP contribution < -0.4 is 5.32 Å². The van der Waals surface area contributed by atoms with Crippen LogP contribution in [0.2, 0.25) is 0 Å². The van der Waals surface area contributed by atoms with Crippen LogP contribution in [0.25, 0.3) is 0 Å². The number of nitrogens with zero attached hydrogens (tertiary/aromatic N) is 2. The van der Waals surface area contributed by atoms with E-state index in [-0.39, 0.29) is 12.1 Å². The van der Waals surface area contributed by atoms with Crippen LogP contribution in [-0.2, 0) is 12.7 Å². The molecule has 2 unspecified atom stereocenters. The van der Waals surface area contributed by atoms with E-state index in [0.717, 1.165) is 24.4 Å². The Kier molecular flexibility index (Phi) is 4.17. The van der Waals surface area contributed by atoms with E-state index in [0.29, 0.717) is 16.4 Å². The molecule has 0 spiro atoms. The first kappa shape index (κ1) is 14.7. The number of thiazole rings is 1. The molecule has 19 heavy (non-hydrogen) atoms. The highest BCUT2D eigenvalue weighted by molar-refractivity contribution is 7.11. The van der Waals surface area contributed by atoms with Crippen molar-refractivity contribution in [2.45, 2.75) is 45.6 Å². The van der Waals surface area contributed by atoms with Crippen LogP contribution >= 0.6 is 11.3 Å². The van der Waals surface area contributed by atoms with E-state index in [1.165, 1.54) is 0 Å². The van der Waals surface area contributed by atoms with E-state index in [2.05, 4.69) is 22.1 Å². The first-order valence-corrected chi connectivity index (χ1v) is 7.11. The molecule has 2 heterocycles. The molecule has 1 aliphatic heterocycles. The van der Waals surface area contributed by atoms with Gasteiger partial charge in [-0.15, -0.1) is 11.3 Å². The molecule has 0 aliphatic carbocycles. The minimum Gasteiger partial charge on any atom is -0.311 e. The van der Waals surface area contributed by atoms with Crippen molar-refractivity contribution in [3.05, 3.63) is 15.6 Å². The molecule has 0 aromatic carbocycles. The molecule has 1 aliphatic rings. The van der Waals surface area contributed by atoms with Gasteiger partial charge in [-0.2, -0.15) is 13.2 Å². The second-order valence-electron chi connectivity index (χ2n) is 4.96. The lowest BCUT2D eigenvalue weighted by molar-refractivity contribution is -0.141. The molecule has 1 N–H and O–H groups in total. The number of hydrogen-bond acceptors (Lipinski definition) is 4. The van der Waals surface area contributed by atoms with Gasteiger partial charge in [0.05, 0.1) is 9.88 Å². The molecule has 108 valence electrons. The number of nitrogens with one attached hydrogen (secondary N) is 1. The van der Waals surface area contributed by atoms with Crippen molar-refractivity contribution in [3.63, 3.8) is 0 Å². The predicted molar refractivity (Wildman–Crippen MR) is 69.2 cm³/mol. The molecule has 0 bridgehead atoms. The molecular formula is C12H18F3N3S. The highest BCUT2D eigenvalue weighted by atomic mass is 32.1. The summed E-state index contributed by atoms with van der Waals surface area (Å²) in [6.45, 7) is 7.61. The molecule has 1 aromatic rings. The van der Waals surface area contributed by atoms with Gasteiger partial charge in [0.15, 0.2) is 5.69 Å². The SMILES string of the molecule is Cc1nc(C(F)(F)F)c(CN2CCNC(C)C2C)s1. The quantitative estimate of drug-likeness (QED) is 0.908. The van der Waals surface area contributed by atoms with Crippen molar-refractivity contribution < 1.29 is 13.2 Å². The van der Waals surface area contributed by atoms with Gasteiger partial charge in [0.2, 0.25) is 0 Å². The Morgan fingerprint density at radius 2 is 2.11 bits per heavy atom. The van der Waals surface area contributed by atoms with Gasteiger partial charge < -0.3 is 5.32 Å². The van der Waals surface area contributed by atoms with E-state index in [1.807, 2.05) is 6.92 Å². The first-order valence-electron chi connectivity index (χ1n) is 6.30. The van der Waals surface area contributed by atoms with Crippen molar-refractivity contribution in [3.8, 4) is 0 Å². The lowest BCUT2D eigenvalue weighted by Crippen LogP contribution is -2.54. The highest BCUT2D eigenvalue weighted by Crippen LogP contribution is 2.35. The molecule has 0 radical (unpaired) electrons. The predicted octanol–water partition coefficient (Wildman–Crippen LogP) is 2.65. The summed E-state index contributed by atoms with van der Waals surface area (Å²) < 4.78 is 38.7. The van der Waals surface area contributed by atoms with Crippen LogP contribution in [0.1, 0.15) is 29.4 Å². The molecule has 1 aromatic heterocycles. The number of piperazine rings is 1. The van der Waals surface area contributed by atoms with Crippen molar-refractivity contribution in [1.29, 1.82) is 0 Å². The van der Waals surface area contributed by atoms with Crippen LogP contribution in [0.5, 0.6) is 0 Å². The van der Waals surface area contributed by atoms with E-state index in [1.54, 1.807) is 6.92 Å². The van der Waals surface area contributed by atoms with Crippen molar-refractivity contribution >= 4 is 11.3 Å². The Morgan fingerprint density at radius 1 is 1.42 bits per heavy atom. The Labute approximate surface area is 114 Å². The van der Waals surface area contributed by atoms with Crippen molar-refractivity contribution in [1.82, 2.24) is 15.2 Å². The number of alkyl halides is 3. The highest BCUT2D eigenvalue weighted by Gasteiger charge is 2.38. The number of aromatic nitrogens is 1. The molecule has 7 heteroatoms. The fourth-order valence-electron chi connectivity index (χ4n) is 2.33. The summed E-state index contributed by atoms with van der Waals surface area (Å²) in [5.74, 6) is 0. The largest absolute Gasteiger partial charge is 0.434 e. The van der Waals surface area contributed by atoms with Gasteiger partial charge in [-0.05, 0) is 20.8 Å². The molecule has 1 fully saturated rings. The Bertz CT molecular complexity index is 444. The minimum atomic E-state index is -4.36. The van der Waals surface area contributed by atoms with Crippen LogP contribution in [-0.4, -0.2) is 35.1 Å². The fraction of sp³-hybridized carbons (Fsp3) is 0.750. The third-order valence-corrected chi connectivity index (χ3v) is 4.54. The molecule has 0 amide bonds. The monoisotopic (exact) mass is 293 g/mol. The number of hydrogen-bond donors (Lipinski definition) is 1. The summed E-state index contributed by atoms with van der Waals surface area (Å²) in [6.07, 6.45) is -4.36. The van der Waals surface area contributed by atoms with Crippen molar-refractivity contribution in [2.24, 2.45) is 0 Å². The lowest BCUT2D eigenvalue weighted by Gasteiger charge is -2.38. The lowest BCUT2D eigenvalue weighted by atomic mass is 10.1. The third-order valence-electron chi connectivity index (χ3n) is 3.58. The molecular weight excluding hydrogens is 275 g/mol. The Hall–Kier alpha value is -0.660. The molecule has 2 atom stereocenters. The standard InChI is InChI=1S/C12H18F3N3S/c1-7-8(2)18(5-4-16-7)6-10-11(12(13,14)15)17-9(3)19-10/h7-8,16H,4-6H2,1-3H3. The second kappa shape index (κ2) is 5.38. The number of rotatable bonds is 2. The summed E-state index contributed by atoms with van der Waals surface area (Å²) in [5, 5.41) is 3.79. The molecule has 3 nitrogen and oxygen atoms in total. The second-order valence-corrected chi connectivity index (χ2v) is 6.24. The zero-order valence-corrected chi connectivity index (χ0v) is 12.0. The zero-order chi connectivity index (χ0) is 14.2. The van der Waals surface area contributed by atoms with Gasteiger partial charge in [-0.3, -0.25) is 4.90 Å². The molecule has 2 rings (SSSR count). The number of aryl methyl sites for hydroxylation is 1. The van der Waals surface area contributed by atoms with Crippen LogP contribution in [0.15, 0.2) is 0 Å². The fourth-order valence-corrected chi connectivity index (χ4v) is 3.31. The van der Waals surface area contributed by atoms with Gasteiger partial charge in [0, 0.05) is 31.7 Å².